The molecule has 1 aliphatic carbocycles. The van der Waals surface area contributed by atoms with Crippen molar-refractivity contribution in [3.05, 3.63) is 28.9 Å². The number of benzene rings is 1. The van der Waals surface area contributed by atoms with Gasteiger partial charge in [-0.15, -0.1) is 0 Å². The number of methoxy groups -OCH3 is 2. The third kappa shape index (κ3) is 5.70. The van der Waals surface area contributed by atoms with Crippen LogP contribution in [0.3, 0.4) is 0 Å². The minimum atomic E-state index is -0.612. The maximum atomic E-state index is 12.5. The minimum absolute atomic E-state index is 0.120. The lowest BCUT2D eigenvalue weighted by molar-refractivity contribution is -0.121. The fourth-order valence-corrected chi connectivity index (χ4v) is 4.25. The van der Waals surface area contributed by atoms with E-state index in [4.69, 9.17) is 25.6 Å². The Morgan fingerprint density at radius 2 is 1.81 bits per heavy atom. The summed E-state index contributed by atoms with van der Waals surface area (Å²) in [5, 5.41) is 10.4. The number of aromatic nitrogens is 2. The lowest BCUT2D eigenvalue weighted by Gasteiger charge is -2.30. The van der Waals surface area contributed by atoms with Gasteiger partial charge in [0.15, 0.2) is 5.82 Å². The molecule has 0 bridgehead atoms. The summed E-state index contributed by atoms with van der Waals surface area (Å²) >= 11 is 6.11. The number of hydrogen-bond acceptors (Lipinski definition) is 7. The van der Waals surface area contributed by atoms with Gasteiger partial charge in [0.2, 0.25) is 17.7 Å². The summed E-state index contributed by atoms with van der Waals surface area (Å²) in [6.45, 7) is 1.50. The summed E-state index contributed by atoms with van der Waals surface area (Å²) in [6, 6.07) is 3.18. The molecule has 1 aromatic heterocycles. The molecule has 0 atom stereocenters. The van der Waals surface area contributed by atoms with Gasteiger partial charge in [0.25, 0.3) is 0 Å². The summed E-state index contributed by atoms with van der Waals surface area (Å²) in [6.07, 6.45) is 6.13. The summed E-state index contributed by atoms with van der Waals surface area (Å²) in [7, 11) is 2.99. The standard InChI is InChI=1S/C22H29ClN4O5/c1-14(28)26-22(10-6-4-5-7-11-22)21-25-20(32-27-21)9-8-19(29)24-16-13-17(30-2)15(23)12-18(16)31-3/h12-13H,4-11H2,1-3H3,(H,24,29)(H,26,28). The van der Waals surface area contributed by atoms with Crippen LogP contribution < -0.4 is 20.1 Å². The van der Waals surface area contributed by atoms with Crippen molar-refractivity contribution in [2.75, 3.05) is 19.5 Å². The van der Waals surface area contributed by atoms with E-state index in [1.165, 1.54) is 21.1 Å². The summed E-state index contributed by atoms with van der Waals surface area (Å²) in [4.78, 5) is 28.9. The molecule has 2 N–H and O–H groups in total. The first kappa shape index (κ1) is 23.8. The first-order valence-electron chi connectivity index (χ1n) is 10.7. The Hall–Kier alpha value is -2.81. The smallest absolute Gasteiger partial charge is 0.227 e. The van der Waals surface area contributed by atoms with Crippen LogP contribution in [0, 0.1) is 0 Å². The molecule has 0 spiro atoms. The van der Waals surface area contributed by atoms with E-state index in [-0.39, 0.29) is 24.7 Å². The van der Waals surface area contributed by atoms with Gasteiger partial charge in [-0.2, -0.15) is 4.98 Å². The number of hydrogen-bond donors (Lipinski definition) is 2. The highest BCUT2D eigenvalue weighted by Gasteiger charge is 2.38. The molecule has 0 aliphatic heterocycles. The number of rotatable bonds is 8. The number of amides is 2. The van der Waals surface area contributed by atoms with Crippen molar-refractivity contribution in [2.45, 2.75) is 63.8 Å². The Morgan fingerprint density at radius 3 is 2.44 bits per heavy atom. The van der Waals surface area contributed by atoms with E-state index >= 15 is 0 Å². The highest BCUT2D eigenvalue weighted by atomic mass is 35.5. The van der Waals surface area contributed by atoms with Crippen molar-refractivity contribution in [2.24, 2.45) is 0 Å². The summed E-state index contributed by atoms with van der Waals surface area (Å²) < 4.78 is 15.9. The average molecular weight is 465 g/mol. The highest BCUT2D eigenvalue weighted by Crippen LogP contribution is 2.36. The zero-order valence-corrected chi connectivity index (χ0v) is 19.4. The van der Waals surface area contributed by atoms with E-state index in [9.17, 15) is 9.59 Å². The number of nitrogens with one attached hydrogen (secondary N) is 2. The highest BCUT2D eigenvalue weighted by molar-refractivity contribution is 6.32. The fourth-order valence-electron chi connectivity index (χ4n) is 4.02. The van der Waals surface area contributed by atoms with Gasteiger partial charge in [0.1, 0.15) is 17.0 Å². The van der Waals surface area contributed by atoms with E-state index in [1.807, 2.05) is 0 Å². The van der Waals surface area contributed by atoms with Crippen LogP contribution in [0.15, 0.2) is 16.7 Å². The Labute approximate surface area is 192 Å². The zero-order valence-electron chi connectivity index (χ0n) is 18.6. The third-order valence-electron chi connectivity index (χ3n) is 5.58. The largest absolute Gasteiger partial charge is 0.495 e. The van der Waals surface area contributed by atoms with E-state index in [1.54, 1.807) is 12.1 Å². The van der Waals surface area contributed by atoms with Crippen molar-refractivity contribution >= 4 is 29.1 Å². The number of anilines is 1. The lowest BCUT2D eigenvalue weighted by atomic mass is 9.89. The topological polar surface area (TPSA) is 116 Å². The Balaban J connectivity index is 1.67. The van der Waals surface area contributed by atoms with E-state index in [2.05, 4.69) is 20.8 Å². The van der Waals surface area contributed by atoms with Crippen LogP contribution in [0.1, 0.15) is 63.6 Å². The van der Waals surface area contributed by atoms with Gasteiger partial charge in [-0.3, -0.25) is 9.59 Å². The van der Waals surface area contributed by atoms with Gasteiger partial charge < -0.3 is 24.6 Å². The van der Waals surface area contributed by atoms with Crippen LogP contribution in [-0.2, 0) is 21.5 Å². The molecule has 9 nitrogen and oxygen atoms in total. The zero-order chi connectivity index (χ0) is 23.1. The predicted molar refractivity (Wildman–Crippen MR) is 119 cm³/mol. The maximum Gasteiger partial charge on any atom is 0.227 e. The number of nitrogens with zero attached hydrogens (tertiary/aromatic N) is 2. The molecule has 10 heteroatoms. The van der Waals surface area contributed by atoms with Gasteiger partial charge in [-0.25, -0.2) is 0 Å². The molecule has 174 valence electrons. The predicted octanol–water partition coefficient (Wildman–Crippen LogP) is 4.00. The second-order valence-corrected chi connectivity index (χ2v) is 8.33. The van der Waals surface area contributed by atoms with Crippen molar-refractivity contribution in [3.8, 4) is 11.5 Å². The van der Waals surface area contributed by atoms with Gasteiger partial charge in [0, 0.05) is 31.9 Å². The number of carbonyl (C=O) groups is 2. The number of carbonyl (C=O) groups excluding carboxylic acids is 2. The van der Waals surface area contributed by atoms with Crippen LogP contribution in [0.4, 0.5) is 5.69 Å². The fraction of sp³-hybridized carbons (Fsp3) is 0.545. The van der Waals surface area contributed by atoms with E-state index in [0.29, 0.717) is 33.9 Å². The summed E-state index contributed by atoms with van der Waals surface area (Å²) in [5.74, 6) is 1.31. The molecular weight excluding hydrogens is 436 g/mol. The minimum Gasteiger partial charge on any atom is -0.495 e. The Morgan fingerprint density at radius 1 is 1.12 bits per heavy atom. The molecule has 32 heavy (non-hydrogen) atoms. The molecule has 1 aromatic carbocycles. The van der Waals surface area contributed by atoms with Crippen LogP contribution in [0.2, 0.25) is 5.02 Å². The van der Waals surface area contributed by atoms with Crippen molar-refractivity contribution < 1.29 is 23.6 Å². The van der Waals surface area contributed by atoms with Gasteiger partial charge >= 0.3 is 0 Å². The Kier molecular flexibility index (Phi) is 7.95. The molecule has 1 aliphatic rings. The quantitative estimate of drug-likeness (QED) is 0.567. The van der Waals surface area contributed by atoms with E-state index < -0.39 is 5.54 Å². The van der Waals surface area contributed by atoms with Gasteiger partial charge in [-0.05, 0) is 12.8 Å². The monoisotopic (exact) mass is 464 g/mol. The molecule has 2 aromatic rings. The average Bonchev–Trinajstić information content (AvgIpc) is 3.13. The van der Waals surface area contributed by atoms with Crippen molar-refractivity contribution in [1.29, 1.82) is 0 Å². The number of aryl methyl sites for hydroxylation is 1. The van der Waals surface area contributed by atoms with Crippen LogP contribution in [-0.4, -0.2) is 36.2 Å². The van der Waals surface area contributed by atoms with Crippen molar-refractivity contribution in [3.63, 3.8) is 0 Å². The van der Waals surface area contributed by atoms with Crippen LogP contribution in [0.5, 0.6) is 11.5 Å². The Bertz CT molecular complexity index is 954. The second-order valence-electron chi connectivity index (χ2n) is 7.92. The molecule has 2 amide bonds. The SMILES string of the molecule is COc1cc(NC(=O)CCc2nc(C3(NC(C)=O)CCCCCC3)no2)c(OC)cc1Cl. The molecule has 3 rings (SSSR count). The number of halogens is 1. The first-order chi connectivity index (χ1) is 15.4. The van der Waals surface area contributed by atoms with Crippen LogP contribution in [0.25, 0.3) is 0 Å². The lowest BCUT2D eigenvalue weighted by Crippen LogP contribution is -2.45. The van der Waals surface area contributed by atoms with Gasteiger partial charge in [-0.1, -0.05) is 42.4 Å². The molecular formula is C22H29ClN4O5. The van der Waals surface area contributed by atoms with Crippen molar-refractivity contribution in [1.82, 2.24) is 15.5 Å². The van der Waals surface area contributed by atoms with E-state index in [0.717, 1.165) is 38.5 Å². The first-order valence-corrected chi connectivity index (χ1v) is 11.1. The molecule has 0 unspecified atom stereocenters. The molecule has 1 saturated carbocycles. The normalized spacial score (nSPS) is 15.5. The molecule has 0 saturated heterocycles. The number of ether oxygens (including phenoxy) is 2. The molecule has 0 radical (unpaired) electrons. The summed E-state index contributed by atoms with van der Waals surface area (Å²) in [5.41, 5.74) is -0.160. The third-order valence-corrected chi connectivity index (χ3v) is 5.88. The second kappa shape index (κ2) is 10.7. The van der Waals surface area contributed by atoms with Gasteiger partial charge in [0.05, 0.1) is 24.9 Å². The molecule has 1 heterocycles. The maximum absolute atomic E-state index is 12.5. The molecule has 1 fully saturated rings. The van der Waals surface area contributed by atoms with Crippen LogP contribution >= 0.6 is 11.6 Å².